The molecule has 0 heterocycles. The molecule has 0 radical (unpaired) electrons. The van der Waals surface area contributed by atoms with Gasteiger partial charge < -0.3 is 5.11 Å². The Labute approximate surface area is 68.4 Å². The highest BCUT2D eigenvalue weighted by Crippen LogP contribution is 2.27. The van der Waals surface area contributed by atoms with Crippen molar-refractivity contribution in [3.05, 3.63) is 17.9 Å². The zero-order valence-electron chi connectivity index (χ0n) is 7.46. The Morgan fingerprint density at radius 2 is 2.09 bits per heavy atom. The highest BCUT2D eigenvalue weighted by atomic mass is 16.3. The maximum absolute atomic E-state index is 9.68. The fraction of sp³-hybridized carbons (Fsp3) is 0.700. The molecular formula is C10H16O. The monoisotopic (exact) mass is 152 g/mol. The van der Waals surface area contributed by atoms with Gasteiger partial charge in [-0.1, -0.05) is 6.92 Å². The summed E-state index contributed by atoms with van der Waals surface area (Å²) in [4.78, 5) is 0. The molecule has 0 bridgehead atoms. The average molecular weight is 152 g/mol. The van der Waals surface area contributed by atoms with Gasteiger partial charge in [0.05, 0.1) is 5.60 Å². The largest absolute Gasteiger partial charge is 0.390 e. The molecule has 0 saturated carbocycles. The molecule has 0 aromatic heterocycles. The van der Waals surface area contributed by atoms with E-state index in [1.165, 1.54) is 0 Å². The van der Waals surface area contributed by atoms with E-state index in [9.17, 15) is 5.11 Å². The zero-order valence-corrected chi connectivity index (χ0v) is 7.46. The van der Waals surface area contributed by atoms with Gasteiger partial charge in [0.25, 0.3) is 0 Å². The van der Waals surface area contributed by atoms with Gasteiger partial charge in [0.1, 0.15) is 0 Å². The quantitative estimate of drug-likeness (QED) is 0.571. The van der Waals surface area contributed by atoms with Crippen molar-refractivity contribution < 1.29 is 5.11 Å². The van der Waals surface area contributed by atoms with Crippen molar-refractivity contribution >= 4 is 0 Å². The Bertz CT molecular complexity index is 191. The minimum absolute atomic E-state index is 0.266. The van der Waals surface area contributed by atoms with Crippen LogP contribution in [0.2, 0.25) is 0 Å². The van der Waals surface area contributed by atoms with Crippen molar-refractivity contribution in [2.75, 3.05) is 0 Å². The van der Waals surface area contributed by atoms with E-state index in [0.29, 0.717) is 5.92 Å². The van der Waals surface area contributed by atoms with Crippen LogP contribution in [0.1, 0.15) is 27.2 Å². The first-order chi connectivity index (χ1) is 5.00. The van der Waals surface area contributed by atoms with E-state index in [-0.39, 0.29) is 5.92 Å². The van der Waals surface area contributed by atoms with Gasteiger partial charge in [0.15, 0.2) is 0 Å². The van der Waals surface area contributed by atoms with Gasteiger partial charge in [0.2, 0.25) is 0 Å². The average Bonchev–Trinajstić information content (AvgIpc) is 1.86. The predicted octanol–water partition coefficient (Wildman–Crippen LogP) is 2.12. The molecule has 0 spiro atoms. The van der Waals surface area contributed by atoms with Crippen molar-refractivity contribution in [1.29, 1.82) is 0 Å². The zero-order chi connectivity index (χ0) is 8.48. The predicted molar refractivity (Wildman–Crippen MR) is 46.2 cm³/mol. The molecule has 2 atom stereocenters. The van der Waals surface area contributed by atoms with E-state index in [1.807, 2.05) is 19.9 Å². The van der Waals surface area contributed by atoms with Crippen molar-refractivity contribution in [2.45, 2.75) is 32.8 Å². The van der Waals surface area contributed by atoms with Crippen molar-refractivity contribution in [1.82, 2.24) is 0 Å². The molecule has 62 valence electrons. The van der Waals surface area contributed by atoms with Crippen molar-refractivity contribution in [2.24, 2.45) is 11.8 Å². The first-order valence-electron chi connectivity index (χ1n) is 4.15. The lowest BCUT2D eigenvalue weighted by Gasteiger charge is -2.29. The lowest BCUT2D eigenvalue weighted by molar-refractivity contribution is 0.0293. The third-order valence-electron chi connectivity index (χ3n) is 2.21. The van der Waals surface area contributed by atoms with Gasteiger partial charge in [-0.05, 0) is 38.3 Å². The Hall–Kier alpha value is -0.520. The van der Waals surface area contributed by atoms with Crippen LogP contribution in [0.5, 0.6) is 0 Å². The van der Waals surface area contributed by atoms with E-state index < -0.39 is 5.60 Å². The lowest BCUT2D eigenvalue weighted by Crippen LogP contribution is -2.31. The van der Waals surface area contributed by atoms with Gasteiger partial charge >= 0.3 is 0 Å². The smallest absolute Gasteiger partial charge is 0.0660 e. The third-order valence-corrected chi connectivity index (χ3v) is 2.21. The highest BCUT2D eigenvalue weighted by Gasteiger charge is 2.26. The Kier molecular flexibility index (Phi) is 2.22. The van der Waals surface area contributed by atoms with Crippen molar-refractivity contribution in [3.8, 4) is 0 Å². The summed E-state index contributed by atoms with van der Waals surface area (Å²) in [6.07, 6.45) is 5.07. The Morgan fingerprint density at radius 3 is 2.45 bits per heavy atom. The number of hydrogen-bond donors (Lipinski definition) is 1. The molecule has 0 saturated heterocycles. The summed E-state index contributed by atoms with van der Waals surface area (Å²) in [6, 6.07) is 0. The molecule has 0 aromatic rings. The van der Waals surface area contributed by atoms with Crippen LogP contribution >= 0.6 is 0 Å². The Balaban J connectivity index is 2.71. The number of aliphatic hydroxyl groups is 1. The van der Waals surface area contributed by atoms with Crippen LogP contribution < -0.4 is 0 Å². The van der Waals surface area contributed by atoms with Crippen LogP contribution in [0, 0.1) is 11.8 Å². The van der Waals surface area contributed by atoms with Crippen LogP contribution in [0.4, 0.5) is 0 Å². The maximum atomic E-state index is 9.68. The van der Waals surface area contributed by atoms with E-state index in [0.717, 1.165) is 6.42 Å². The molecule has 1 nitrogen and oxygen atoms in total. The number of hydrogen-bond acceptors (Lipinski definition) is 1. The molecule has 1 rings (SSSR count). The van der Waals surface area contributed by atoms with Crippen LogP contribution in [0.15, 0.2) is 17.9 Å². The van der Waals surface area contributed by atoms with Gasteiger partial charge in [-0.3, -0.25) is 0 Å². The molecule has 0 fully saturated rings. The highest BCUT2D eigenvalue weighted by molar-refractivity contribution is 5.03. The maximum Gasteiger partial charge on any atom is 0.0660 e. The second-order valence-corrected chi connectivity index (χ2v) is 3.97. The van der Waals surface area contributed by atoms with E-state index in [4.69, 9.17) is 0 Å². The van der Waals surface area contributed by atoms with Gasteiger partial charge in [-0.25, -0.2) is 0 Å². The second kappa shape index (κ2) is 2.84. The minimum atomic E-state index is -0.588. The summed E-state index contributed by atoms with van der Waals surface area (Å²) >= 11 is 0. The van der Waals surface area contributed by atoms with Gasteiger partial charge in [0, 0.05) is 5.92 Å². The van der Waals surface area contributed by atoms with Crippen LogP contribution in [-0.4, -0.2) is 10.7 Å². The summed E-state index contributed by atoms with van der Waals surface area (Å²) in [7, 11) is 0. The summed E-state index contributed by atoms with van der Waals surface area (Å²) in [6.45, 7) is 5.86. The molecule has 0 aliphatic heterocycles. The molecule has 0 amide bonds. The van der Waals surface area contributed by atoms with E-state index >= 15 is 0 Å². The van der Waals surface area contributed by atoms with Crippen molar-refractivity contribution in [3.63, 3.8) is 0 Å². The minimum Gasteiger partial charge on any atom is -0.390 e. The van der Waals surface area contributed by atoms with Gasteiger partial charge in [-0.2, -0.15) is 0 Å². The van der Waals surface area contributed by atoms with Crippen LogP contribution in [0.25, 0.3) is 0 Å². The molecule has 11 heavy (non-hydrogen) atoms. The summed E-state index contributed by atoms with van der Waals surface area (Å²) in [5.74, 6) is 0.818. The van der Waals surface area contributed by atoms with E-state index in [1.54, 1.807) is 0 Å². The van der Waals surface area contributed by atoms with Crippen LogP contribution in [-0.2, 0) is 0 Å². The van der Waals surface area contributed by atoms with Crippen LogP contribution in [0.3, 0.4) is 0 Å². The third kappa shape index (κ3) is 2.21. The molecular weight excluding hydrogens is 136 g/mol. The standard InChI is InChI=1S/C10H16O/c1-8-5-4-6-9(7-8)10(2,3)11/h5-6,8-9,11H,7H2,1-3H3. The summed E-state index contributed by atoms with van der Waals surface area (Å²) < 4.78 is 0. The second-order valence-electron chi connectivity index (χ2n) is 3.97. The molecule has 1 N–H and O–H groups in total. The first kappa shape index (κ1) is 8.58. The number of rotatable bonds is 1. The fourth-order valence-corrected chi connectivity index (χ4v) is 1.36. The first-order valence-corrected chi connectivity index (χ1v) is 4.15. The normalized spacial score (nSPS) is 30.9. The SMILES string of the molecule is CC1C=C=CC(C(C)(C)O)C1. The lowest BCUT2D eigenvalue weighted by atomic mass is 9.81. The fourth-order valence-electron chi connectivity index (χ4n) is 1.36. The summed E-state index contributed by atoms with van der Waals surface area (Å²) in [5, 5.41) is 9.68. The molecule has 1 aliphatic carbocycles. The molecule has 1 heteroatoms. The molecule has 1 aliphatic rings. The Morgan fingerprint density at radius 1 is 1.45 bits per heavy atom. The van der Waals surface area contributed by atoms with E-state index in [2.05, 4.69) is 18.7 Å². The molecule has 0 aromatic carbocycles. The summed E-state index contributed by atoms with van der Waals surface area (Å²) in [5.41, 5.74) is 2.49. The van der Waals surface area contributed by atoms with Gasteiger partial charge in [-0.15, -0.1) is 5.73 Å². The molecule has 2 unspecified atom stereocenters. The topological polar surface area (TPSA) is 20.2 Å².